The fraction of sp³-hybridized carbons (Fsp3) is 0.412. The van der Waals surface area contributed by atoms with Crippen molar-refractivity contribution in [2.45, 2.75) is 38.7 Å². The zero-order valence-corrected chi connectivity index (χ0v) is 14.5. The Morgan fingerprint density at radius 1 is 1.45 bits per heavy atom. The van der Waals surface area contributed by atoms with Crippen LogP contribution in [0, 0.1) is 5.92 Å². The quantitative estimate of drug-likeness (QED) is 0.351. The number of rotatable bonds is 3. The van der Waals surface area contributed by atoms with Crippen LogP contribution in [0.5, 0.6) is 5.75 Å². The molecule has 0 saturated heterocycles. The number of esters is 2. The van der Waals surface area contributed by atoms with E-state index in [4.69, 9.17) is 9.47 Å². The van der Waals surface area contributed by atoms with Crippen molar-refractivity contribution in [3.8, 4) is 5.75 Å². The molecule has 118 valence electrons. The van der Waals surface area contributed by atoms with Crippen molar-refractivity contribution in [2.75, 3.05) is 0 Å². The largest absolute Gasteiger partial charge is 0.459 e. The molecule has 2 atom stereocenters. The summed E-state index contributed by atoms with van der Waals surface area (Å²) in [5, 5.41) is 0. The van der Waals surface area contributed by atoms with E-state index in [1.165, 1.54) is 0 Å². The van der Waals surface area contributed by atoms with E-state index >= 15 is 0 Å². The number of hydrogen-bond acceptors (Lipinski definition) is 4. The molecule has 0 spiro atoms. The van der Waals surface area contributed by atoms with E-state index in [1.807, 2.05) is 6.07 Å². The lowest BCUT2D eigenvalue weighted by Crippen LogP contribution is -2.40. The van der Waals surface area contributed by atoms with E-state index in [2.05, 4.69) is 22.5 Å². The number of benzene rings is 1. The minimum atomic E-state index is -0.973. The van der Waals surface area contributed by atoms with E-state index in [9.17, 15) is 9.59 Å². The summed E-state index contributed by atoms with van der Waals surface area (Å²) < 4.78 is 11.6. The molecule has 5 heteroatoms. The van der Waals surface area contributed by atoms with Crippen molar-refractivity contribution in [2.24, 2.45) is 5.92 Å². The van der Waals surface area contributed by atoms with Crippen molar-refractivity contribution in [1.29, 1.82) is 0 Å². The third-order valence-electron chi connectivity index (χ3n) is 3.32. The summed E-state index contributed by atoms with van der Waals surface area (Å²) in [7, 11) is 0. The lowest BCUT2D eigenvalue weighted by atomic mass is 9.81. The van der Waals surface area contributed by atoms with Gasteiger partial charge < -0.3 is 9.47 Å². The van der Waals surface area contributed by atoms with Crippen LogP contribution in [0.25, 0.3) is 0 Å². The highest BCUT2D eigenvalue weighted by Gasteiger charge is 2.44. The van der Waals surface area contributed by atoms with E-state index in [0.29, 0.717) is 12.2 Å². The second-order valence-corrected chi connectivity index (χ2v) is 7.16. The predicted molar refractivity (Wildman–Crippen MR) is 86.7 cm³/mol. The Kier molecular flexibility index (Phi) is 4.75. The van der Waals surface area contributed by atoms with Crippen molar-refractivity contribution in [1.82, 2.24) is 0 Å². The van der Waals surface area contributed by atoms with Crippen molar-refractivity contribution >= 4 is 27.9 Å². The van der Waals surface area contributed by atoms with Gasteiger partial charge >= 0.3 is 11.9 Å². The molecule has 1 heterocycles. The summed E-state index contributed by atoms with van der Waals surface area (Å²) >= 11 is 3.41. The Bertz CT molecular complexity index is 616. The van der Waals surface area contributed by atoms with Gasteiger partial charge in [0.2, 0.25) is 0 Å². The van der Waals surface area contributed by atoms with Gasteiger partial charge in [-0.3, -0.25) is 9.59 Å². The molecule has 2 rings (SSSR count). The number of carbonyl (C=O) groups excluding carboxylic acids is 2. The van der Waals surface area contributed by atoms with E-state index in [0.717, 1.165) is 10.0 Å². The van der Waals surface area contributed by atoms with Gasteiger partial charge in [0, 0.05) is 16.0 Å². The van der Waals surface area contributed by atoms with Crippen molar-refractivity contribution < 1.29 is 19.1 Å². The molecule has 0 radical (unpaired) electrons. The molecule has 22 heavy (non-hydrogen) atoms. The maximum atomic E-state index is 12.4. The molecule has 0 aromatic heterocycles. The molecule has 1 aliphatic rings. The van der Waals surface area contributed by atoms with Gasteiger partial charge in [0.05, 0.1) is 0 Å². The number of halogens is 1. The number of fused-ring (bicyclic) bond motifs is 1. The van der Waals surface area contributed by atoms with Crippen LogP contribution in [0.4, 0.5) is 0 Å². The average Bonchev–Trinajstić information content (AvgIpc) is 2.37. The highest BCUT2D eigenvalue weighted by Crippen LogP contribution is 2.42. The van der Waals surface area contributed by atoms with Crippen LogP contribution < -0.4 is 4.74 Å². The standard InChI is InChI=1S/C17H19BrO4/c1-5-6-11-12-9-10(18)7-8-13(12)21-15(19)14(11)16(20)22-17(2,3)4/h5,7-9,11,14H,1,6H2,2-4H3/t11-,14+/m1/s1. The monoisotopic (exact) mass is 366 g/mol. The first kappa shape index (κ1) is 16.7. The summed E-state index contributed by atoms with van der Waals surface area (Å²) in [6.07, 6.45) is 2.19. The zero-order valence-electron chi connectivity index (χ0n) is 12.9. The molecule has 0 bridgehead atoms. The third-order valence-corrected chi connectivity index (χ3v) is 3.81. The highest BCUT2D eigenvalue weighted by atomic mass is 79.9. The summed E-state index contributed by atoms with van der Waals surface area (Å²) in [4.78, 5) is 24.7. The van der Waals surface area contributed by atoms with Crippen molar-refractivity contribution in [3.05, 3.63) is 40.9 Å². The molecule has 0 aliphatic carbocycles. The Morgan fingerprint density at radius 3 is 2.73 bits per heavy atom. The van der Waals surface area contributed by atoms with E-state index in [1.54, 1.807) is 39.0 Å². The molecule has 0 saturated carbocycles. The normalized spacial score (nSPS) is 20.8. The minimum absolute atomic E-state index is 0.332. The first-order valence-electron chi connectivity index (χ1n) is 7.08. The molecule has 1 aromatic carbocycles. The lowest BCUT2D eigenvalue weighted by Gasteiger charge is -2.32. The second kappa shape index (κ2) is 6.24. The molecule has 1 aliphatic heterocycles. The Morgan fingerprint density at radius 2 is 2.14 bits per heavy atom. The van der Waals surface area contributed by atoms with Crippen LogP contribution in [0.2, 0.25) is 0 Å². The van der Waals surface area contributed by atoms with Gasteiger partial charge in [-0.05, 0) is 45.4 Å². The molecular weight excluding hydrogens is 348 g/mol. The minimum Gasteiger partial charge on any atom is -0.459 e. The van der Waals surface area contributed by atoms with Crippen LogP contribution >= 0.6 is 15.9 Å². The van der Waals surface area contributed by atoms with Gasteiger partial charge in [-0.2, -0.15) is 0 Å². The summed E-state index contributed by atoms with van der Waals surface area (Å²) in [6.45, 7) is 9.04. The summed E-state index contributed by atoms with van der Waals surface area (Å²) in [5.41, 5.74) is 0.151. The zero-order chi connectivity index (χ0) is 16.5. The predicted octanol–water partition coefficient (Wildman–Crippen LogP) is 3.99. The second-order valence-electron chi connectivity index (χ2n) is 6.25. The molecular formula is C17H19BrO4. The molecule has 4 nitrogen and oxygen atoms in total. The Hall–Kier alpha value is -1.62. The first-order chi connectivity index (χ1) is 10.2. The summed E-state index contributed by atoms with van der Waals surface area (Å²) in [5.74, 6) is -1.95. The SMILES string of the molecule is C=CC[C@@H]1c2cc(Br)ccc2OC(=O)[C@H]1C(=O)OC(C)(C)C. The van der Waals surface area contributed by atoms with E-state index in [-0.39, 0.29) is 5.92 Å². The number of allylic oxidation sites excluding steroid dienone is 1. The maximum Gasteiger partial charge on any atom is 0.326 e. The van der Waals surface area contributed by atoms with Crippen LogP contribution in [0.15, 0.2) is 35.3 Å². The smallest absolute Gasteiger partial charge is 0.326 e. The number of carbonyl (C=O) groups is 2. The fourth-order valence-corrected chi connectivity index (χ4v) is 2.86. The highest BCUT2D eigenvalue weighted by molar-refractivity contribution is 9.10. The third kappa shape index (κ3) is 3.58. The average molecular weight is 367 g/mol. The van der Waals surface area contributed by atoms with Gasteiger partial charge in [-0.15, -0.1) is 6.58 Å². The van der Waals surface area contributed by atoms with E-state index < -0.39 is 23.5 Å². The van der Waals surface area contributed by atoms with Gasteiger partial charge in [0.15, 0.2) is 5.92 Å². The molecule has 0 unspecified atom stereocenters. The first-order valence-corrected chi connectivity index (χ1v) is 7.87. The van der Waals surface area contributed by atoms with Gasteiger partial charge in [0.25, 0.3) is 0 Å². The number of hydrogen-bond donors (Lipinski definition) is 0. The van der Waals surface area contributed by atoms with Crippen LogP contribution in [0.1, 0.15) is 38.7 Å². The Labute approximate surface area is 138 Å². The van der Waals surface area contributed by atoms with Crippen molar-refractivity contribution in [3.63, 3.8) is 0 Å². The maximum absolute atomic E-state index is 12.4. The van der Waals surface area contributed by atoms with Crippen LogP contribution in [-0.2, 0) is 14.3 Å². The molecule has 0 amide bonds. The van der Waals surface area contributed by atoms with Crippen LogP contribution in [-0.4, -0.2) is 17.5 Å². The molecule has 1 aromatic rings. The fourth-order valence-electron chi connectivity index (χ4n) is 2.49. The van der Waals surface area contributed by atoms with Crippen LogP contribution in [0.3, 0.4) is 0 Å². The van der Waals surface area contributed by atoms with Gasteiger partial charge in [-0.1, -0.05) is 22.0 Å². The summed E-state index contributed by atoms with van der Waals surface area (Å²) in [6, 6.07) is 5.39. The number of ether oxygens (including phenoxy) is 2. The topological polar surface area (TPSA) is 52.6 Å². The van der Waals surface area contributed by atoms with Gasteiger partial charge in [-0.25, -0.2) is 0 Å². The Balaban J connectivity index is 2.42. The lowest BCUT2D eigenvalue weighted by molar-refractivity contribution is -0.167. The van der Waals surface area contributed by atoms with Gasteiger partial charge in [0.1, 0.15) is 11.4 Å². The molecule has 0 fully saturated rings. The molecule has 0 N–H and O–H groups in total.